The summed E-state index contributed by atoms with van der Waals surface area (Å²) < 4.78 is 32.3. The second-order valence-corrected chi connectivity index (χ2v) is 6.58. The Bertz CT molecular complexity index is 804. The minimum Gasteiger partial charge on any atom is -0.481 e. The third-order valence-corrected chi connectivity index (χ3v) is 4.36. The van der Waals surface area contributed by atoms with Crippen molar-refractivity contribution in [1.82, 2.24) is 0 Å². The van der Waals surface area contributed by atoms with Gasteiger partial charge in [-0.2, -0.15) is 0 Å². The molecule has 1 heterocycles. The van der Waals surface area contributed by atoms with Crippen molar-refractivity contribution in [2.75, 3.05) is 16.6 Å². The number of ether oxygens (including phenoxy) is 1. The minimum absolute atomic E-state index is 0.0762. The fourth-order valence-corrected chi connectivity index (χ4v) is 3.39. The molecule has 2 aromatic rings. The lowest BCUT2D eigenvalue weighted by Crippen LogP contribution is -2.27. The smallest absolute Gasteiger partial charge is 0.262 e. The zero-order chi connectivity index (χ0) is 15.6. The van der Waals surface area contributed by atoms with Gasteiger partial charge in [0, 0.05) is 0 Å². The van der Waals surface area contributed by atoms with Crippen molar-refractivity contribution in [2.24, 2.45) is 0 Å². The number of nitrogens with one attached hydrogen (secondary N) is 2. The van der Waals surface area contributed by atoms with Gasteiger partial charge in [0.2, 0.25) is 10.0 Å². The van der Waals surface area contributed by atoms with Gasteiger partial charge in [-0.1, -0.05) is 36.4 Å². The predicted molar refractivity (Wildman–Crippen MR) is 83.3 cm³/mol. The van der Waals surface area contributed by atoms with Crippen molar-refractivity contribution in [3.63, 3.8) is 0 Å². The average molecular weight is 318 g/mol. The molecule has 0 bridgehead atoms. The summed E-state index contributed by atoms with van der Waals surface area (Å²) >= 11 is 0. The van der Waals surface area contributed by atoms with Crippen LogP contribution in [0.5, 0.6) is 5.75 Å². The molecule has 2 N–H and O–H groups in total. The maximum absolute atomic E-state index is 12.3. The van der Waals surface area contributed by atoms with Crippen LogP contribution in [0.15, 0.2) is 48.5 Å². The summed E-state index contributed by atoms with van der Waals surface area (Å²) in [6.45, 7) is -0.0762. The van der Waals surface area contributed by atoms with Crippen LogP contribution in [0.4, 0.5) is 11.4 Å². The van der Waals surface area contributed by atoms with E-state index in [1.807, 2.05) is 6.07 Å². The first-order chi connectivity index (χ1) is 10.5. The molecule has 1 aliphatic rings. The van der Waals surface area contributed by atoms with E-state index < -0.39 is 10.0 Å². The lowest BCUT2D eigenvalue weighted by molar-refractivity contribution is -0.118. The molecule has 1 amide bonds. The number of anilines is 2. The summed E-state index contributed by atoms with van der Waals surface area (Å²) in [4.78, 5) is 11.4. The Morgan fingerprint density at radius 1 is 1.09 bits per heavy atom. The number of hydrogen-bond donors (Lipinski definition) is 2. The second-order valence-electron chi connectivity index (χ2n) is 4.86. The minimum atomic E-state index is -3.60. The zero-order valence-corrected chi connectivity index (χ0v) is 12.4. The summed E-state index contributed by atoms with van der Waals surface area (Å²) in [5.41, 5.74) is 1.32. The van der Waals surface area contributed by atoms with E-state index in [1.165, 1.54) is 0 Å². The largest absolute Gasteiger partial charge is 0.481 e. The van der Waals surface area contributed by atoms with E-state index in [0.717, 1.165) is 0 Å². The van der Waals surface area contributed by atoms with Crippen LogP contribution in [-0.2, 0) is 20.6 Å². The molecule has 0 saturated heterocycles. The van der Waals surface area contributed by atoms with Crippen molar-refractivity contribution in [3.05, 3.63) is 54.1 Å². The maximum atomic E-state index is 12.3. The number of carbonyl (C=O) groups is 1. The van der Waals surface area contributed by atoms with Crippen LogP contribution >= 0.6 is 0 Å². The first-order valence-corrected chi connectivity index (χ1v) is 8.29. The SMILES string of the molecule is O=C1COc2cccc(NS(=O)(=O)Cc3ccccc3)c2N1. The standard InChI is InChI=1S/C15H14N2O4S/c18-14-9-21-13-8-4-7-12(15(13)16-14)17-22(19,20)10-11-5-2-1-3-6-11/h1-8,17H,9-10H2,(H,16,18). The van der Waals surface area contributed by atoms with Crippen LogP contribution in [0, 0.1) is 0 Å². The first-order valence-electron chi connectivity index (χ1n) is 6.63. The molecule has 1 aliphatic heterocycles. The number of rotatable bonds is 4. The van der Waals surface area contributed by atoms with Gasteiger partial charge >= 0.3 is 0 Å². The third kappa shape index (κ3) is 3.20. The van der Waals surface area contributed by atoms with E-state index in [-0.39, 0.29) is 18.3 Å². The average Bonchev–Trinajstić information content (AvgIpc) is 2.48. The molecule has 6 nitrogen and oxygen atoms in total. The van der Waals surface area contributed by atoms with E-state index in [9.17, 15) is 13.2 Å². The molecular weight excluding hydrogens is 304 g/mol. The number of carbonyl (C=O) groups excluding carboxylic acids is 1. The molecule has 0 aliphatic carbocycles. The van der Waals surface area contributed by atoms with Crippen molar-refractivity contribution < 1.29 is 17.9 Å². The van der Waals surface area contributed by atoms with Crippen LogP contribution in [0.1, 0.15) is 5.56 Å². The Morgan fingerprint density at radius 2 is 1.86 bits per heavy atom. The number of sulfonamides is 1. The summed E-state index contributed by atoms with van der Waals surface area (Å²) in [6, 6.07) is 13.8. The summed E-state index contributed by atoms with van der Waals surface area (Å²) in [7, 11) is -3.60. The molecule has 114 valence electrons. The van der Waals surface area contributed by atoms with E-state index >= 15 is 0 Å². The summed E-state index contributed by atoms with van der Waals surface area (Å²) in [5.74, 6) is -0.0199. The highest BCUT2D eigenvalue weighted by Gasteiger charge is 2.21. The normalized spacial score (nSPS) is 13.7. The van der Waals surface area contributed by atoms with Crippen molar-refractivity contribution in [2.45, 2.75) is 5.75 Å². The van der Waals surface area contributed by atoms with Gasteiger partial charge in [0.15, 0.2) is 6.61 Å². The third-order valence-electron chi connectivity index (χ3n) is 3.11. The predicted octanol–water partition coefficient (Wildman–Crippen LogP) is 1.96. The Kier molecular flexibility index (Phi) is 3.72. The van der Waals surface area contributed by atoms with E-state index in [4.69, 9.17) is 4.74 Å². The van der Waals surface area contributed by atoms with Gasteiger partial charge in [-0.15, -0.1) is 0 Å². The van der Waals surface area contributed by atoms with Gasteiger partial charge in [-0.25, -0.2) is 8.42 Å². The Labute approximate surface area is 128 Å². The van der Waals surface area contributed by atoms with Crippen LogP contribution < -0.4 is 14.8 Å². The topological polar surface area (TPSA) is 84.5 Å². The molecule has 0 radical (unpaired) electrons. The van der Waals surface area contributed by atoms with Gasteiger partial charge in [0.05, 0.1) is 11.4 Å². The molecule has 2 aromatic carbocycles. The molecule has 0 aromatic heterocycles. The molecule has 0 atom stereocenters. The van der Waals surface area contributed by atoms with Crippen LogP contribution in [-0.4, -0.2) is 20.9 Å². The fraction of sp³-hybridized carbons (Fsp3) is 0.133. The number of hydrogen-bond acceptors (Lipinski definition) is 4. The molecule has 0 saturated carbocycles. The molecule has 3 rings (SSSR count). The quantitative estimate of drug-likeness (QED) is 0.902. The number of fused-ring (bicyclic) bond motifs is 1. The highest BCUT2D eigenvalue weighted by Crippen LogP contribution is 2.35. The van der Waals surface area contributed by atoms with Crippen LogP contribution in [0.3, 0.4) is 0 Å². The molecule has 0 unspecified atom stereocenters. The number of para-hydroxylation sites is 1. The Hall–Kier alpha value is -2.54. The molecule has 0 spiro atoms. The molecule has 0 fully saturated rings. The van der Waals surface area contributed by atoms with Gasteiger partial charge in [0.25, 0.3) is 5.91 Å². The van der Waals surface area contributed by atoms with Crippen molar-refractivity contribution >= 4 is 27.3 Å². The lowest BCUT2D eigenvalue weighted by Gasteiger charge is -2.21. The maximum Gasteiger partial charge on any atom is 0.262 e. The van der Waals surface area contributed by atoms with E-state index in [2.05, 4.69) is 10.0 Å². The molecule has 7 heteroatoms. The van der Waals surface area contributed by atoms with Crippen molar-refractivity contribution in [3.8, 4) is 5.75 Å². The van der Waals surface area contributed by atoms with Gasteiger partial charge in [-0.05, 0) is 17.7 Å². The van der Waals surface area contributed by atoms with Crippen molar-refractivity contribution in [1.29, 1.82) is 0 Å². The van der Waals surface area contributed by atoms with Crippen LogP contribution in [0.25, 0.3) is 0 Å². The van der Waals surface area contributed by atoms with Crippen LogP contribution in [0.2, 0.25) is 0 Å². The zero-order valence-electron chi connectivity index (χ0n) is 11.6. The number of benzene rings is 2. The second kappa shape index (κ2) is 5.69. The number of amides is 1. The lowest BCUT2D eigenvalue weighted by atomic mass is 10.2. The van der Waals surface area contributed by atoms with E-state index in [1.54, 1.807) is 42.5 Å². The molecule has 22 heavy (non-hydrogen) atoms. The van der Waals surface area contributed by atoms with Gasteiger partial charge < -0.3 is 10.1 Å². The monoisotopic (exact) mass is 318 g/mol. The van der Waals surface area contributed by atoms with E-state index in [0.29, 0.717) is 22.7 Å². The first kappa shape index (κ1) is 14.4. The highest BCUT2D eigenvalue weighted by atomic mass is 32.2. The van der Waals surface area contributed by atoms with Gasteiger partial charge in [0.1, 0.15) is 11.4 Å². The Morgan fingerprint density at radius 3 is 2.64 bits per heavy atom. The summed E-state index contributed by atoms with van der Waals surface area (Å²) in [6.07, 6.45) is 0. The highest BCUT2D eigenvalue weighted by molar-refractivity contribution is 7.91. The Balaban J connectivity index is 1.85. The molecular formula is C15H14N2O4S. The summed E-state index contributed by atoms with van der Waals surface area (Å²) in [5, 5.41) is 2.62. The van der Waals surface area contributed by atoms with Gasteiger partial charge in [-0.3, -0.25) is 9.52 Å². The fourth-order valence-electron chi connectivity index (χ4n) is 2.18.